The molecule has 3 heteroatoms. The van der Waals surface area contributed by atoms with Gasteiger partial charge >= 0.3 is 0 Å². The molecule has 1 aromatic heterocycles. The SMILES string of the molecule is CCC(=O)c1cc2cc(Cl)cc(C)c2o1. The lowest BCUT2D eigenvalue weighted by molar-refractivity contribution is 0.0963. The predicted molar refractivity (Wildman–Crippen MR) is 60.6 cm³/mol. The van der Waals surface area contributed by atoms with Gasteiger partial charge in [-0.05, 0) is 30.7 Å². The lowest BCUT2D eigenvalue weighted by atomic mass is 10.1. The third-order valence-electron chi connectivity index (χ3n) is 2.36. The highest BCUT2D eigenvalue weighted by atomic mass is 35.5. The van der Waals surface area contributed by atoms with Crippen LogP contribution in [0.5, 0.6) is 0 Å². The molecule has 1 heterocycles. The summed E-state index contributed by atoms with van der Waals surface area (Å²) in [5, 5.41) is 1.55. The molecule has 0 fully saturated rings. The van der Waals surface area contributed by atoms with E-state index in [0.717, 1.165) is 16.5 Å². The number of halogens is 1. The van der Waals surface area contributed by atoms with Crippen molar-refractivity contribution in [1.29, 1.82) is 0 Å². The van der Waals surface area contributed by atoms with Crippen molar-refractivity contribution < 1.29 is 9.21 Å². The molecular weight excluding hydrogens is 212 g/mol. The predicted octanol–water partition coefficient (Wildman–Crippen LogP) is 3.99. The first-order chi connectivity index (χ1) is 7.11. The molecule has 0 saturated heterocycles. The van der Waals surface area contributed by atoms with Crippen LogP contribution in [0.4, 0.5) is 0 Å². The van der Waals surface area contributed by atoms with E-state index in [1.54, 1.807) is 12.1 Å². The summed E-state index contributed by atoms with van der Waals surface area (Å²) in [6.07, 6.45) is 0.451. The Bertz CT molecular complexity index is 526. The normalized spacial score (nSPS) is 10.9. The van der Waals surface area contributed by atoms with Gasteiger partial charge in [-0.15, -0.1) is 0 Å². The zero-order chi connectivity index (χ0) is 11.0. The topological polar surface area (TPSA) is 30.2 Å². The van der Waals surface area contributed by atoms with E-state index in [1.807, 2.05) is 19.9 Å². The van der Waals surface area contributed by atoms with Crippen molar-refractivity contribution in [3.8, 4) is 0 Å². The largest absolute Gasteiger partial charge is 0.453 e. The van der Waals surface area contributed by atoms with Crippen LogP contribution in [0, 0.1) is 6.92 Å². The molecule has 0 atom stereocenters. The van der Waals surface area contributed by atoms with Gasteiger partial charge in [0.15, 0.2) is 11.5 Å². The standard InChI is InChI=1S/C12H11ClO2/c1-3-10(14)11-6-8-5-9(13)4-7(2)12(8)15-11/h4-6H,3H2,1-2H3. The van der Waals surface area contributed by atoms with Crippen molar-refractivity contribution >= 4 is 28.4 Å². The molecule has 0 amide bonds. The molecule has 15 heavy (non-hydrogen) atoms. The Morgan fingerprint density at radius 1 is 1.40 bits per heavy atom. The van der Waals surface area contributed by atoms with E-state index in [0.29, 0.717) is 17.2 Å². The van der Waals surface area contributed by atoms with E-state index in [4.69, 9.17) is 16.0 Å². The van der Waals surface area contributed by atoms with Crippen LogP contribution < -0.4 is 0 Å². The maximum Gasteiger partial charge on any atom is 0.197 e. The zero-order valence-electron chi connectivity index (χ0n) is 8.63. The molecule has 0 saturated carbocycles. The maximum absolute atomic E-state index is 11.5. The second-order valence-electron chi connectivity index (χ2n) is 3.53. The number of benzene rings is 1. The number of hydrogen-bond donors (Lipinski definition) is 0. The Balaban J connectivity index is 2.65. The fraction of sp³-hybridized carbons (Fsp3) is 0.250. The van der Waals surface area contributed by atoms with Gasteiger partial charge in [-0.3, -0.25) is 4.79 Å². The first-order valence-electron chi connectivity index (χ1n) is 4.84. The summed E-state index contributed by atoms with van der Waals surface area (Å²) in [6.45, 7) is 3.73. The fourth-order valence-electron chi connectivity index (χ4n) is 1.59. The maximum atomic E-state index is 11.5. The molecule has 2 aromatic rings. The Morgan fingerprint density at radius 3 is 2.80 bits per heavy atom. The average molecular weight is 223 g/mol. The number of furan rings is 1. The van der Waals surface area contributed by atoms with E-state index >= 15 is 0 Å². The monoisotopic (exact) mass is 222 g/mol. The molecular formula is C12H11ClO2. The number of hydrogen-bond acceptors (Lipinski definition) is 2. The van der Waals surface area contributed by atoms with E-state index in [1.165, 1.54) is 0 Å². The van der Waals surface area contributed by atoms with Gasteiger partial charge in [-0.2, -0.15) is 0 Å². The number of aryl methyl sites for hydroxylation is 1. The summed E-state index contributed by atoms with van der Waals surface area (Å²) in [5.74, 6) is 0.430. The third-order valence-corrected chi connectivity index (χ3v) is 2.58. The van der Waals surface area contributed by atoms with Crippen LogP contribution in [0.2, 0.25) is 5.02 Å². The first kappa shape index (κ1) is 10.2. The highest BCUT2D eigenvalue weighted by Gasteiger charge is 2.12. The molecule has 2 nitrogen and oxygen atoms in total. The van der Waals surface area contributed by atoms with Crippen LogP contribution in [-0.2, 0) is 0 Å². The number of rotatable bonds is 2. The summed E-state index contributed by atoms with van der Waals surface area (Å²) in [4.78, 5) is 11.5. The minimum Gasteiger partial charge on any atom is -0.453 e. The Morgan fingerprint density at radius 2 is 2.13 bits per heavy atom. The quantitative estimate of drug-likeness (QED) is 0.720. The molecule has 0 aliphatic carbocycles. The molecule has 0 unspecified atom stereocenters. The minimum atomic E-state index is 0.0155. The summed E-state index contributed by atoms with van der Waals surface area (Å²) >= 11 is 5.92. The zero-order valence-corrected chi connectivity index (χ0v) is 9.39. The average Bonchev–Trinajstić information content (AvgIpc) is 2.60. The molecule has 0 aliphatic heterocycles. The smallest absolute Gasteiger partial charge is 0.197 e. The van der Waals surface area contributed by atoms with Crippen molar-refractivity contribution in [2.75, 3.05) is 0 Å². The van der Waals surface area contributed by atoms with Gasteiger partial charge in [0, 0.05) is 16.8 Å². The van der Waals surface area contributed by atoms with Gasteiger partial charge in [0.2, 0.25) is 0 Å². The van der Waals surface area contributed by atoms with E-state index in [-0.39, 0.29) is 5.78 Å². The first-order valence-corrected chi connectivity index (χ1v) is 5.22. The Labute approximate surface area is 92.8 Å². The van der Waals surface area contributed by atoms with Crippen molar-refractivity contribution in [3.63, 3.8) is 0 Å². The summed E-state index contributed by atoms with van der Waals surface area (Å²) in [6, 6.07) is 5.38. The third kappa shape index (κ3) is 1.77. The van der Waals surface area contributed by atoms with Crippen molar-refractivity contribution in [3.05, 3.63) is 34.5 Å². The second-order valence-corrected chi connectivity index (χ2v) is 3.96. The van der Waals surface area contributed by atoms with E-state index < -0.39 is 0 Å². The van der Waals surface area contributed by atoms with Gasteiger partial charge in [0.1, 0.15) is 5.58 Å². The second kappa shape index (κ2) is 3.70. The van der Waals surface area contributed by atoms with Gasteiger partial charge in [-0.1, -0.05) is 18.5 Å². The summed E-state index contributed by atoms with van der Waals surface area (Å²) < 4.78 is 5.50. The fourth-order valence-corrected chi connectivity index (χ4v) is 1.88. The van der Waals surface area contributed by atoms with Crippen molar-refractivity contribution in [2.45, 2.75) is 20.3 Å². The van der Waals surface area contributed by atoms with Gasteiger partial charge < -0.3 is 4.42 Å². The van der Waals surface area contributed by atoms with Crippen molar-refractivity contribution in [1.82, 2.24) is 0 Å². The molecule has 0 aliphatic rings. The summed E-state index contributed by atoms with van der Waals surface area (Å²) in [7, 11) is 0. The number of ketones is 1. The number of carbonyl (C=O) groups excluding carboxylic acids is 1. The van der Waals surface area contributed by atoms with Gasteiger partial charge in [0.05, 0.1) is 0 Å². The Kier molecular flexibility index (Phi) is 2.53. The number of fused-ring (bicyclic) bond motifs is 1. The van der Waals surface area contributed by atoms with Crippen molar-refractivity contribution in [2.24, 2.45) is 0 Å². The van der Waals surface area contributed by atoms with Crippen LogP contribution in [0.25, 0.3) is 11.0 Å². The Hall–Kier alpha value is -1.28. The molecule has 0 bridgehead atoms. The molecule has 0 spiro atoms. The number of Topliss-reactive ketones (excluding diaryl/α,β-unsaturated/α-hetero) is 1. The highest BCUT2D eigenvalue weighted by molar-refractivity contribution is 6.31. The molecule has 1 aromatic carbocycles. The number of carbonyl (C=O) groups is 1. The summed E-state index contributed by atoms with van der Waals surface area (Å²) in [5.41, 5.74) is 1.70. The minimum absolute atomic E-state index is 0.0155. The van der Waals surface area contributed by atoms with Gasteiger partial charge in [-0.25, -0.2) is 0 Å². The van der Waals surface area contributed by atoms with E-state index in [9.17, 15) is 4.79 Å². The lowest BCUT2D eigenvalue weighted by Crippen LogP contribution is -1.92. The van der Waals surface area contributed by atoms with Crippen LogP contribution in [0.3, 0.4) is 0 Å². The highest BCUT2D eigenvalue weighted by Crippen LogP contribution is 2.27. The lowest BCUT2D eigenvalue weighted by Gasteiger charge is -1.95. The van der Waals surface area contributed by atoms with Crippen LogP contribution in [-0.4, -0.2) is 5.78 Å². The molecule has 0 N–H and O–H groups in total. The molecule has 78 valence electrons. The van der Waals surface area contributed by atoms with E-state index in [2.05, 4.69) is 0 Å². The molecule has 0 radical (unpaired) electrons. The van der Waals surface area contributed by atoms with Crippen LogP contribution >= 0.6 is 11.6 Å². The van der Waals surface area contributed by atoms with Crippen LogP contribution in [0.1, 0.15) is 29.5 Å². The van der Waals surface area contributed by atoms with Gasteiger partial charge in [0.25, 0.3) is 0 Å². The molecule has 2 rings (SSSR count). The van der Waals surface area contributed by atoms with Crippen LogP contribution in [0.15, 0.2) is 22.6 Å².